The Morgan fingerprint density at radius 2 is 1.40 bits per heavy atom. The van der Waals surface area contributed by atoms with Gasteiger partial charge in [-0.3, -0.25) is 19.0 Å². The van der Waals surface area contributed by atoms with E-state index in [-0.39, 0.29) is 24.3 Å². The molecule has 6 heteroatoms. The summed E-state index contributed by atoms with van der Waals surface area (Å²) in [5.74, 6) is -0.679. The van der Waals surface area contributed by atoms with Crippen molar-refractivity contribution in [3.8, 4) is 22.3 Å². The lowest BCUT2D eigenvalue weighted by molar-refractivity contribution is -0.140. The molecule has 5 aromatic rings. The first-order chi connectivity index (χ1) is 17.0. The topological polar surface area (TPSA) is 70.3 Å². The third-order valence-corrected chi connectivity index (χ3v) is 6.39. The molecule has 5 rings (SSSR count). The highest BCUT2D eigenvalue weighted by atomic mass is 16.5. The summed E-state index contributed by atoms with van der Waals surface area (Å²) in [5.41, 5.74) is 4.34. The lowest BCUT2D eigenvalue weighted by Crippen LogP contribution is -2.20. The molecule has 0 amide bonds. The molecule has 2 aromatic heterocycles. The highest BCUT2D eigenvalue weighted by Crippen LogP contribution is 2.39. The van der Waals surface area contributed by atoms with Gasteiger partial charge in [0.2, 0.25) is 5.91 Å². The van der Waals surface area contributed by atoms with E-state index in [0.29, 0.717) is 16.6 Å². The van der Waals surface area contributed by atoms with Crippen molar-refractivity contribution in [1.29, 1.82) is 0 Å². The third-order valence-electron chi connectivity index (χ3n) is 6.39. The summed E-state index contributed by atoms with van der Waals surface area (Å²) in [6, 6.07) is 25.2. The summed E-state index contributed by atoms with van der Waals surface area (Å²) < 4.78 is 7.88. The maximum Gasteiger partial charge on any atom is 0.306 e. The number of nitrogens with zero attached hydrogens (tertiary/aromatic N) is 2. The quantitative estimate of drug-likeness (QED) is 0.326. The van der Waals surface area contributed by atoms with Gasteiger partial charge in [-0.1, -0.05) is 66.7 Å². The summed E-state index contributed by atoms with van der Waals surface area (Å²) in [6.07, 6.45) is 1.72. The van der Waals surface area contributed by atoms with Gasteiger partial charge in [0.15, 0.2) is 0 Å². The molecule has 0 unspecified atom stereocenters. The monoisotopic (exact) mass is 464 g/mol. The zero-order chi connectivity index (χ0) is 24.5. The van der Waals surface area contributed by atoms with Gasteiger partial charge in [-0.15, -0.1) is 0 Å². The Morgan fingerprint density at radius 1 is 0.771 bits per heavy atom. The molecule has 2 heterocycles. The zero-order valence-corrected chi connectivity index (χ0v) is 19.5. The summed E-state index contributed by atoms with van der Waals surface area (Å²) in [6.45, 7) is 0. The average molecular weight is 465 g/mol. The minimum absolute atomic E-state index is 0.00601. The molecule has 0 bridgehead atoms. The first-order valence-electron chi connectivity index (χ1n) is 11.4. The molecule has 0 N–H and O–H groups in total. The van der Waals surface area contributed by atoms with Gasteiger partial charge in [0.1, 0.15) is 0 Å². The van der Waals surface area contributed by atoms with Crippen molar-refractivity contribution >= 4 is 33.7 Å². The highest BCUT2D eigenvalue weighted by Gasteiger charge is 2.23. The molecule has 0 radical (unpaired) electrons. The smallest absolute Gasteiger partial charge is 0.306 e. The number of rotatable bonds is 5. The van der Waals surface area contributed by atoms with E-state index in [1.54, 1.807) is 17.8 Å². The first-order valence-corrected chi connectivity index (χ1v) is 11.4. The van der Waals surface area contributed by atoms with Crippen LogP contribution in [0.2, 0.25) is 0 Å². The van der Waals surface area contributed by atoms with Crippen molar-refractivity contribution in [1.82, 2.24) is 9.13 Å². The van der Waals surface area contributed by atoms with Crippen LogP contribution in [-0.2, 0) is 16.6 Å². The van der Waals surface area contributed by atoms with Crippen LogP contribution in [0.25, 0.3) is 44.1 Å². The number of hydrogen-bond donors (Lipinski definition) is 0. The summed E-state index contributed by atoms with van der Waals surface area (Å²) >= 11 is 0. The Balaban J connectivity index is 1.82. The predicted octanol–water partition coefficient (Wildman–Crippen LogP) is 5.42. The van der Waals surface area contributed by atoms with Crippen molar-refractivity contribution in [2.24, 2.45) is 7.05 Å². The van der Waals surface area contributed by atoms with Crippen LogP contribution < -0.4 is 5.56 Å². The van der Waals surface area contributed by atoms with E-state index in [4.69, 9.17) is 0 Å². The van der Waals surface area contributed by atoms with Gasteiger partial charge in [0.05, 0.1) is 30.1 Å². The van der Waals surface area contributed by atoms with E-state index in [2.05, 4.69) is 4.74 Å². The van der Waals surface area contributed by atoms with Crippen LogP contribution in [-0.4, -0.2) is 28.1 Å². The van der Waals surface area contributed by atoms with Crippen LogP contribution in [0.3, 0.4) is 0 Å². The van der Waals surface area contributed by atoms with Gasteiger partial charge >= 0.3 is 5.97 Å². The van der Waals surface area contributed by atoms with Crippen LogP contribution >= 0.6 is 0 Å². The van der Waals surface area contributed by atoms with Crippen molar-refractivity contribution in [2.45, 2.75) is 12.8 Å². The molecule has 0 spiro atoms. The maximum absolute atomic E-state index is 13.9. The standard InChI is InChI=1S/C29H24N2O4/c1-30-23-14-8-7-13-21(23)27(19-10-4-3-5-11-19)28(29(30)34)22-18-31(24-15-9-6-12-20(22)24)25(32)16-17-26(33)35-2/h3-15,18H,16-17H2,1-2H3. The number of esters is 1. The molecule has 3 aromatic carbocycles. The molecule has 6 nitrogen and oxygen atoms in total. The fourth-order valence-corrected chi connectivity index (χ4v) is 4.67. The molecule has 174 valence electrons. The second kappa shape index (κ2) is 9.06. The zero-order valence-electron chi connectivity index (χ0n) is 19.5. The molecule has 35 heavy (non-hydrogen) atoms. The number of aryl methyl sites for hydroxylation is 1. The Morgan fingerprint density at radius 3 is 2.11 bits per heavy atom. The van der Waals surface area contributed by atoms with E-state index < -0.39 is 5.97 Å². The highest BCUT2D eigenvalue weighted by molar-refractivity contribution is 6.09. The van der Waals surface area contributed by atoms with Gasteiger partial charge in [-0.25, -0.2) is 0 Å². The number of carbonyl (C=O) groups is 2. The van der Waals surface area contributed by atoms with Crippen molar-refractivity contribution in [3.63, 3.8) is 0 Å². The summed E-state index contributed by atoms with van der Waals surface area (Å²) in [5, 5.41) is 1.74. The van der Waals surface area contributed by atoms with E-state index in [9.17, 15) is 14.4 Å². The predicted molar refractivity (Wildman–Crippen MR) is 137 cm³/mol. The number of hydrogen-bond acceptors (Lipinski definition) is 4. The molecule has 0 aliphatic rings. The van der Waals surface area contributed by atoms with Crippen LogP contribution in [0.15, 0.2) is 89.9 Å². The number of para-hydroxylation sites is 2. The Bertz CT molecular complexity index is 1640. The first kappa shape index (κ1) is 22.3. The molecule has 0 aliphatic heterocycles. The molecule has 0 aliphatic carbocycles. The van der Waals surface area contributed by atoms with Crippen molar-refractivity contribution in [2.75, 3.05) is 7.11 Å². The number of methoxy groups -OCH3 is 1. The normalized spacial score (nSPS) is 11.1. The maximum atomic E-state index is 13.9. The van der Waals surface area contributed by atoms with Gasteiger partial charge in [-0.2, -0.15) is 0 Å². The fraction of sp³-hybridized carbons (Fsp3) is 0.138. The van der Waals surface area contributed by atoms with E-state index in [1.165, 1.54) is 11.7 Å². The number of aromatic nitrogens is 2. The van der Waals surface area contributed by atoms with Crippen molar-refractivity contribution < 1.29 is 14.3 Å². The van der Waals surface area contributed by atoms with E-state index in [0.717, 1.165) is 27.4 Å². The summed E-state index contributed by atoms with van der Waals surface area (Å²) in [4.78, 5) is 38.6. The van der Waals surface area contributed by atoms with Gasteiger partial charge in [0.25, 0.3) is 5.56 Å². The lowest BCUT2D eigenvalue weighted by atomic mass is 9.92. The Labute approximate surface area is 202 Å². The van der Waals surface area contributed by atoms with E-state index in [1.807, 2.05) is 78.9 Å². The Hall–Kier alpha value is -4.45. The fourth-order valence-electron chi connectivity index (χ4n) is 4.67. The van der Waals surface area contributed by atoms with Crippen LogP contribution in [0.1, 0.15) is 17.6 Å². The number of benzene rings is 3. The summed E-state index contributed by atoms with van der Waals surface area (Å²) in [7, 11) is 3.07. The third kappa shape index (κ3) is 3.83. The van der Waals surface area contributed by atoms with Crippen LogP contribution in [0, 0.1) is 0 Å². The van der Waals surface area contributed by atoms with Gasteiger partial charge in [-0.05, 0) is 17.7 Å². The number of pyridine rings is 1. The lowest BCUT2D eigenvalue weighted by Gasteiger charge is -2.16. The molecular formula is C29H24N2O4. The van der Waals surface area contributed by atoms with E-state index >= 15 is 0 Å². The van der Waals surface area contributed by atoms with Gasteiger partial charge in [0, 0.05) is 41.6 Å². The average Bonchev–Trinajstić information content (AvgIpc) is 3.29. The molecular weight excluding hydrogens is 440 g/mol. The molecule has 0 atom stereocenters. The molecule has 0 fully saturated rings. The molecule has 0 saturated heterocycles. The minimum Gasteiger partial charge on any atom is -0.469 e. The second-order valence-electron chi connectivity index (χ2n) is 8.40. The van der Waals surface area contributed by atoms with Gasteiger partial charge < -0.3 is 9.30 Å². The van der Waals surface area contributed by atoms with Crippen molar-refractivity contribution in [3.05, 3.63) is 95.4 Å². The molecule has 0 saturated carbocycles. The number of carbonyl (C=O) groups excluding carboxylic acids is 2. The number of fused-ring (bicyclic) bond motifs is 2. The van der Waals surface area contributed by atoms with Crippen LogP contribution in [0.5, 0.6) is 0 Å². The largest absolute Gasteiger partial charge is 0.469 e. The minimum atomic E-state index is -0.440. The SMILES string of the molecule is COC(=O)CCC(=O)n1cc(-c2c(-c3ccccc3)c3ccccc3n(C)c2=O)c2ccccc21. The second-order valence-corrected chi connectivity index (χ2v) is 8.40. The Kier molecular flexibility index (Phi) is 5.79. The number of ether oxygens (including phenoxy) is 1. The van der Waals surface area contributed by atoms with Crippen LogP contribution in [0.4, 0.5) is 0 Å².